The molecule has 1 amide bonds. The van der Waals surface area contributed by atoms with Gasteiger partial charge in [0.2, 0.25) is 0 Å². The van der Waals surface area contributed by atoms with E-state index >= 15 is 0 Å². The number of halogens is 2. The SMILES string of the molecule is COc1ccc(CN2CCCN(C(=O)c3cc(Cl)ccc3I)CC2)cc1. The summed E-state index contributed by atoms with van der Waals surface area (Å²) in [5, 5.41) is 0.602. The highest BCUT2D eigenvalue weighted by Crippen LogP contribution is 2.21. The Labute approximate surface area is 173 Å². The number of carbonyl (C=O) groups excluding carboxylic acids is 1. The van der Waals surface area contributed by atoms with Crippen molar-refractivity contribution in [3.05, 3.63) is 62.2 Å². The zero-order valence-corrected chi connectivity index (χ0v) is 17.7. The van der Waals surface area contributed by atoms with Gasteiger partial charge in [-0.1, -0.05) is 23.7 Å². The summed E-state index contributed by atoms with van der Waals surface area (Å²) in [4.78, 5) is 17.2. The van der Waals surface area contributed by atoms with Crippen LogP contribution in [0.1, 0.15) is 22.3 Å². The van der Waals surface area contributed by atoms with Crippen molar-refractivity contribution in [2.75, 3.05) is 33.3 Å². The van der Waals surface area contributed by atoms with E-state index in [4.69, 9.17) is 16.3 Å². The highest BCUT2D eigenvalue weighted by Gasteiger charge is 2.22. The first-order valence-corrected chi connectivity index (χ1v) is 10.1. The van der Waals surface area contributed by atoms with Crippen molar-refractivity contribution in [3.63, 3.8) is 0 Å². The average molecular weight is 485 g/mol. The van der Waals surface area contributed by atoms with Crippen molar-refractivity contribution >= 4 is 40.1 Å². The summed E-state index contributed by atoms with van der Waals surface area (Å²) in [5.41, 5.74) is 1.96. The summed E-state index contributed by atoms with van der Waals surface area (Å²) in [6.45, 7) is 4.26. The van der Waals surface area contributed by atoms with Gasteiger partial charge in [0.05, 0.1) is 12.7 Å². The molecule has 0 aromatic heterocycles. The van der Waals surface area contributed by atoms with Crippen LogP contribution in [0.15, 0.2) is 42.5 Å². The van der Waals surface area contributed by atoms with Gasteiger partial charge in [-0.15, -0.1) is 0 Å². The van der Waals surface area contributed by atoms with Crippen LogP contribution in [0.2, 0.25) is 5.02 Å². The van der Waals surface area contributed by atoms with Crippen LogP contribution in [-0.4, -0.2) is 49.0 Å². The van der Waals surface area contributed by atoms with Crippen molar-refractivity contribution in [1.29, 1.82) is 0 Å². The Kier molecular flexibility index (Phi) is 6.78. The number of hydrogen-bond donors (Lipinski definition) is 0. The van der Waals surface area contributed by atoms with Gasteiger partial charge in [0.15, 0.2) is 0 Å². The molecule has 2 aromatic carbocycles. The Hall–Kier alpha value is -1.31. The lowest BCUT2D eigenvalue weighted by atomic mass is 10.2. The maximum absolute atomic E-state index is 12.9. The molecule has 4 nitrogen and oxygen atoms in total. The molecule has 2 aromatic rings. The van der Waals surface area contributed by atoms with Gasteiger partial charge in [-0.05, 0) is 64.9 Å². The van der Waals surface area contributed by atoms with Crippen molar-refractivity contribution in [2.45, 2.75) is 13.0 Å². The number of benzene rings is 2. The smallest absolute Gasteiger partial charge is 0.255 e. The lowest BCUT2D eigenvalue weighted by molar-refractivity contribution is 0.0760. The van der Waals surface area contributed by atoms with E-state index in [9.17, 15) is 4.79 Å². The van der Waals surface area contributed by atoms with E-state index in [-0.39, 0.29) is 5.91 Å². The fourth-order valence-electron chi connectivity index (χ4n) is 3.15. The predicted molar refractivity (Wildman–Crippen MR) is 113 cm³/mol. The van der Waals surface area contributed by atoms with Gasteiger partial charge in [-0.3, -0.25) is 9.69 Å². The molecular weight excluding hydrogens is 463 g/mol. The van der Waals surface area contributed by atoms with Gasteiger partial charge in [-0.2, -0.15) is 0 Å². The van der Waals surface area contributed by atoms with Crippen molar-refractivity contribution in [2.24, 2.45) is 0 Å². The molecule has 0 bridgehead atoms. The van der Waals surface area contributed by atoms with Crippen LogP contribution < -0.4 is 4.74 Å². The van der Waals surface area contributed by atoms with Gasteiger partial charge in [0.25, 0.3) is 5.91 Å². The molecule has 3 rings (SSSR count). The summed E-state index contributed by atoms with van der Waals surface area (Å²) < 4.78 is 6.15. The molecule has 0 unspecified atom stereocenters. The van der Waals surface area contributed by atoms with Crippen LogP contribution >= 0.6 is 34.2 Å². The number of nitrogens with zero attached hydrogens (tertiary/aromatic N) is 2. The maximum atomic E-state index is 12.9. The first kappa shape index (κ1) is 19.5. The minimum Gasteiger partial charge on any atom is -0.497 e. The van der Waals surface area contributed by atoms with Gasteiger partial charge < -0.3 is 9.64 Å². The van der Waals surface area contributed by atoms with E-state index in [0.29, 0.717) is 10.6 Å². The Morgan fingerprint density at radius 3 is 2.62 bits per heavy atom. The van der Waals surface area contributed by atoms with Gasteiger partial charge in [-0.25, -0.2) is 0 Å². The Morgan fingerprint density at radius 1 is 1.12 bits per heavy atom. The summed E-state index contributed by atoms with van der Waals surface area (Å²) in [7, 11) is 1.68. The lowest BCUT2D eigenvalue weighted by Crippen LogP contribution is -2.35. The van der Waals surface area contributed by atoms with Gasteiger partial charge in [0.1, 0.15) is 5.75 Å². The van der Waals surface area contributed by atoms with Crippen LogP contribution in [0.5, 0.6) is 5.75 Å². The van der Waals surface area contributed by atoms with E-state index in [1.807, 2.05) is 29.2 Å². The molecule has 6 heteroatoms. The molecule has 1 fully saturated rings. The zero-order valence-electron chi connectivity index (χ0n) is 14.8. The number of rotatable bonds is 4. The van der Waals surface area contributed by atoms with Gasteiger partial charge >= 0.3 is 0 Å². The second-order valence-electron chi connectivity index (χ2n) is 6.39. The number of hydrogen-bond acceptors (Lipinski definition) is 3. The fraction of sp³-hybridized carbons (Fsp3) is 0.350. The van der Waals surface area contributed by atoms with E-state index in [1.165, 1.54) is 5.56 Å². The van der Waals surface area contributed by atoms with E-state index in [2.05, 4.69) is 39.6 Å². The molecule has 0 N–H and O–H groups in total. The van der Waals surface area contributed by atoms with Crippen molar-refractivity contribution in [1.82, 2.24) is 9.80 Å². The second-order valence-corrected chi connectivity index (χ2v) is 7.99. The van der Waals surface area contributed by atoms with E-state index < -0.39 is 0 Å². The predicted octanol–water partition coefficient (Wildman–Crippen LogP) is 4.30. The summed E-state index contributed by atoms with van der Waals surface area (Å²) in [5.74, 6) is 0.945. The molecule has 0 spiro atoms. The quantitative estimate of drug-likeness (QED) is 0.607. The third-order valence-corrected chi connectivity index (χ3v) is 5.78. The van der Waals surface area contributed by atoms with Gasteiger partial charge in [0, 0.05) is 41.3 Å². The highest BCUT2D eigenvalue weighted by atomic mass is 127. The molecular formula is C20H22ClIN2O2. The molecule has 0 saturated carbocycles. The largest absolute Gasteiger partial charge is 0.497 e. The molecule has 1 saturated heterocycles. The van der Waals surface area contributed by atoms with E-state index in [1.54, 1.807) is 13.2 Å². The first-order valence-electron chi connectivity index (χ1n) is 8.66. The highest BCUT2D eigenvalue weighted by molar-refractivity contribution is 14.1. The number of methoxy groups -OCH3 is 1. The average Bonchev–Trinajstić information content (AvgIpc) is 2.89. The Bertz CT molecular complexity index is 767. The van der Waals surface area contributed by atoms with Crippen LogP contribution in [-0.2, 0) is 6.54 Å². The topological polar surface area (TPSA) is 32.8 Å². The molecule has 1 heterocycles. The normalized spacial score (nSPS) is 15.6. The summed E-state index contributed by atoms with van der Waals surface area (Å²) in [6.07, 6.45) is 0.971. The third kappa shape index (κ3) is 4.90. The minimum absolute atomic E-state index is 0.0724. The zero-order chi connectivity index (χ0) is 18.5. The van der Waals surface area contributed by atoms with Crippen molar-refractivity contribution < 1.29 is 9.53 Å². The first-order chi connectivity index (χ1) is 12.6. The molecule has 0 aliphatic carbocycles. The molecule has 1 aliphatic rings. The lowest BCUT2D eigenvalue weighted by Gasteiger charge is -2.22. The minimum atomic E-state index is 0.0724. The molecule has 26 heavy (non-hydrogen) atoms. The Balaban J connectivity index is 1.62. The second kappa shape index (κ2) is 9.06. The molecule has 0 radical (unpaired) electrons. The monoisotopic (exact) mass is 484 g/mol. The van der Waals surface area contributed by atoms with Crippen LogP contribution in [0.3, 0.4) is 0 Å². The van der Waals surface area contributed by atoms with Crippen molar-refractivity contribution in [3.8, 4) is 5.75 Å². The molecule has 138 valence electrons. The van der Waals surface area contributed by atoms with Crippen LogP contribution in [0, 0.1) is 3.57 Å². The number of carbonyl (C=O) groups is 1. The van der Waals surface area contributed by atoms with E-state index in [0.717, 1.165) is 48.5 Å². The summed E-state index contributed by atoms with van der Waals surface area (Å²) in [6, 6.07) is 13.7. The number of amides is 1. The van der Waals surface area contributed by atoms with Crippen LogP contribution in [0.25, 0.3) is 0 Å². The Morgan fingerprint density at radius 2 is 1.88 bits per heavy atom. The summed E-state index contributed by atoms with van der Waals surface area (Å²) >= 11 is 8.27. The maximum Gasteiger partial charge on any atom is 0.255 e. The molecule has 0 atom stereocenters. The third-order valence-electron chi connectivity index (χ3n) is 4.60. The fourth-order valence-corrected chi connectivity index (χ4v) is 3.89. The standard InChI is InChI=1S/C20H22ClIN2O2/c1-26-17-6-3-15(4-7-17)14-23-9-2-10-24(12-11-23)20(25)18-13-16(21)5-8-19(18)22/h3-8,13H,2,9-12,14H2,1H3. The molecule has 1 aliphatic heterocycles. The number of ether oxygens (including phenoxy) is 1. The van der Waals surface area contributed by atoms with Crippen LogP contribution in [0.4, 0.5) is 0 Å².